The van der Waals surface area contributed by atoms with Gasteiger partial charge in [-0.2, -0.15) is 0 Å². The number of carbonyl (C=O) groups excluding carboxylic acids is 1. The molecule has 0 unspecified atom stereocenters. The topological polar surface area (TPSA) is 26.9 Å². The Kier molecular flexibility index (Phi) is 5.08. The molecule has 2 aromatic heterocycles. The van der Waals surface area contributed by atoms with E-state index >= 15 is 0 Å². The molecule has 3 heteroatoms. The highest BCUT2D eigenvalue weighted by molar-refractivity contribution is 6.21. The molecule has 0 amide bonds. The summed E-state index contributed by atoms with van der Waals surface area (Å²) in [5.41, 5.74) is 6.05. The van der Waals surface area contributed by atoms with Gasteiger partial charge >= 0.3 is 0 Å². The molecule has 0 fully saturated rings. The first-order valence-corrected chi connectivity index (χ1v) is 11.6. The van der Waals surface area contributed by atoms with E-state index in [0.29, 0.717) is 0 Å². The van der Waals surface area contributed by atoms with Crippen molar-refractivity contribution in [1.29, 1.82) is 0 Å². The molecule has 4 aromatic carbocycles. The summed E-state index contributed by atoms with van der Waals surface area (Å²) in [4.78, 5) is 14.0. The van der Waals surface area contributed by atoms with E-state index < -0.39 is 0 Å². The van der Waals surface area contributed by atoms with Crippen LogP contribution in [0.4, 0.5) is 0 Å². The summed E-state index contributed by atoms with van der Waals surface area (Å²) in [7, 11) is 0. The van der Waals surface area contributed by atoms with Crippen LogP contribution in [-0.4, -0.2) is 14.9 Å². The molecule has 0 aliphatic heterocycles. The van der Waals surface area contributed by atoms with Gasteiger partial charge in [-0.1, -0.05) is 97.1 Å². The minimum absolute atomic E-state index is 0.0611. The van der Waals surface area contributed by atoms with Crippen LogP contribution in [0.5, 0.6) is 0 Å². The Bertz CT molecular complexity index is 1490. The third-order valence-electron chi connectivity index (χ3n) is 6.46. The summed E-state index contributed by atoms with van der Waals surface area (Å²) >= 11 is 0. The van der Waals surface area contributed by atoms with Gasteiger partial charge < -0.3 is 9.13 Å². The molecule has 0 aliphatic carbocycles. The van der Waals surface area contributed by atoms with Gasteiger partial charge in [0.1, 0.15) is 0 Å². The molecule has 0 saturated heterocycles. The van der Waals surface area contributed by atoms with Gasteiger partial charge in [0.2, 0.25) is 0 Å². The number of benzene rings is 4. The van der Waals surface area contributed by atoms with Crippen LogP contribution in [0.25, 0.3) is 21.8 Å². The lowest BCUT2D eigenvalue weighted by Crippen LogP contribution is -2.02. The zero-order valence-corrected chi connectivity index (χ0v) is 18.8. The van der Waals surface area contributed by atoms with Crippen LogP contribution in [-0.2, 0) is 13.1 Å². The number of nitrogens with zero attached hydrogens (tertiary/aromatic N) is 2. The second kappa shape index (κ2) is 8.53. The van der Waals surface area contributed by atoms with Gasteiger partial charge in [0.15, 0.2) is 5.78 Å². The molecule has 164 valence electrons. The molecule has 3 nitrogen and oxygen atoms in total. The van der Waals surface area contributed by atoms with Crippen molar-refractivity contribution in [2.75, 3.05) is 0 Å². The lowest BCUT2D eigenvalue weighted by molar-refractivity contribution is 0.104. The Labute approximate surface area is 198 Å². The molecule has 34 heavy (non-hydrogen) atoms. The van der Waals surface area contributed by atoms with Gasteiger partial charge in [-0.15, -0.1) is 0 Å². The summed E-state index contributed by atoms with van der Waals surface area (Å²) in [6.45, 7) is 1.45. The highest BCUT2D eigenvalue weighted by Crippen LogP contribution is 2.29. The molecule has 6 aromatic rings. The van der Waals surface area contributed by atoms with E-state index in [9.17, 15) is 4.79 Å². The van der Waals surface area contributed by atoms with Crippen molar-refractivity contribution in [2.45, 2.75) is 13.1 Å². The molecular weight excluding hydrogens is 416 g/mol. The Hall–Kier alpha value is -4.37. The normalized spacial score (nSPS) is 11.3. The SMILES string of the molecule is O=C(c1cn(Cc2ccccc2)c2ccccc12)c1cn(Cc2ccccc2)c2ccccc12. The summed E-state index contributed by atoms with van der Waals surface area (Å²) in [6.07, 6.45) is 4.03. The Morgan fingerprint density at radius 1 is 0.500 bits per heavy atom. The largest absolute Gasteiger partial charge is 0.342 e. The van der Waals surface area contributed by atoms with Gasteiger partial charge in [-0.25, -0.2) is 0 Å². The highest BCUT2D eigenvalue weighted by atomic mass is 16.1. The second-order valence-electron chi connectivity index (χ2n) is 8.68. The van der Waals surface area contributed by atoms with Crippen molar-refractivity contribution >= 4 is 27.6 Å². The molecule has 0 aliphatic rings. The predicted octanol–water partition coefficient (Wildman–Crippen LogP) is 6.92. The first-order valence-electron chi connectivity index (χ1n) is 11.6. The first-order chi connectivity index (χ1) is 16.8. The fourth-order valence-corrected chi connectivity index (χ4v) is 4.82. The summed E-state index contributed by atoms with van der Waals surface area (Å²) in [6, 6.07) is 37.1. The van der Waals surface area contributed by atoms with Gasteiger partial charge in [0.05, 0.1) is 0 Å². The van der Waals surface area contributed by atoms with Crippen molar-refractivity contribution in [3.8, 4) is 0 Å². The maximum Gasteiger partial charge on any atom is 0.197 e. The van der Waals surface area contributed by atoms with E-state index in [4.69, 9.17) is 0 Å². The molecule has 0 spiro atoms. The van der Waals surface area contributed by atoms with Crippen molar-refractivity contribution in [3.63, 3.8) is 0 Å². The third kappa shape index (κ3) is 3.61. The maximum absolute atomic E-state index is 14.0. The highest BCUT2D eigenvalue weighted by Gasteiger charge is 2.21. The number of carbonyl (C=O) groups is 1. The number of hydrogen-bond acceptors (Lipinski definition) is 1. The lowest BCUT2D eigenvalue weighted by Gasteiger charge is -2.05. The number of para-hydroxylation sites is 2. The van der Waals surface area contributed by atoms with Crippen LogP contribution >= 0.6 is 0 Å². The van der Waals surface area contributed by atoms with Gasteiger partial charge in [0, 0.05) is 58.4 Å². The monoisotopic (exact) mass is 440 g/mol. The van der Waals surface area contributed by atoms with Crippen LogP contribution in [0.3, 0.4) is 0 Å². The predicted molar refractivity (Wildman–Crippen MR) is 138 cm³/mol. The Morgan fingerprint density at radius 3 is 1.32 bits per heavy atom. The number of hydrogen-bond donors (Lipinski definition) is 0. The van der Waals surface area contributed by atoms with Crippen LogP contribution in [0, 0.1) is 0 Å². The summed E-state index contributed by atoms with van der Waals surface area (Å²) in [5, 5.41) is 1.98. The quantitative estimate of drug-likeness (QED) is 0.258. The maximum atomic E-state index is 14.0. The average molecular weight is 441 g/mol. The van der Waals surface area contributed by atoms with Gasteiger partial charge in [-0.05, 0) is 23.3 Å². The third-order valence-corrected chi connectivity index (χ3v) is 6.46. The van der Waals surface area contributed by atoms with Crippen molar-refractivity contribution in [2.24, 2.45) is 0 Å². The molecule has 0 saturated carbocycles. The lowest BCUT2D eigenvalue weighted by atomic mass is 10.0. The summed E-state index contributed by atoms with van der Waals surface area (Å²) in [5.74, 6) is 0.0611. The van der Waals surface area contributed by atoms with Crippen LogP contribution in [0.2, 0.25) is 0 Å². The zero-order valence-electron chi connectivity index (χ0n) is 18.8. The fraction of sp³-hybridized carbons (Fsp3) is 0.0645. The Balaban J connectivity index is 1.45. The molecule has 0 atom stereocenters. The zero-order chi connectivity index (χ0) is 22.9. The van der Waals surface area contributed by atoms with E-state index in [1.54, 1.807) is 0 Å². The fourth-order valence-electron chi connectivity index (χ4n) is 4.82. The van der Waals surface area contributed by atoms with Crippen LogP contribution < -0.4 is 0 Å². The van der Waals surface area contributed by atoms with Gasteiger partial charge in [0.25, 0.3) is 0 Å². The smallest absolute Gasteiger partial charge is 0.197 e. The molecule has 0 bridgehead atoms. The van der Waals surface area contributed by atoms with Gasteiger partial charge in [-0.3, -0.25) is 4.79 Å². The standard InChI is InChI=1S/C31H24N2O/c34-31(27-21-32(19-23-11-3-1-4-12-23)29-17-9-7-15-25(27)29)28-22-33(20-24-13-5-2-6-14-24)30-18-10-8-16-26(28)30/h1-18,21-22H,19-20H2. The van der Waals surface area contributed by atoms with E-state index in [0.717, 1.165) is 46.0 Å². The number of fused-ring (bicyclic) bond motifs is 2. The van der Waals surface area contributed by atoms with E-state index in [2.05, 4.69) is 69.8 Å². The number of rotatable bonds is 6. The van der Waals surface area contributed by atoms with Crippen molar-refractivity contribution < 1.29 is 4.79 Å². The summed E-state index contributed by atoms with van der Waals surface area (Å²) < 4.78 is 4.36. The Morgan fingerprint density at radius 2 is 0.882 bits per heavy atom. The molecule has 2 heterocycles. The molecule has 0 N–H and O–H groups in total. The molecule has 0 radical (unpaired) electrons. The second-order valence-corrected chi connectivity index (χ2v) is 8.68. The molecule has 6 rings (SSSR count). The van der Waals surface area contributed by atoms with Crippen molar-refractivity contribution in [3.05, 3.63) is 144 Å². The number of ketones is 1. The van der Waals surface area contributed by atoms with E-state index in [1.807, 2.05) is 60.9 Å². The van der Waals surface area contributed by atoms with Crippen LogP contribution in [0.1, 0.15) is 27.0 Å². The minimum atomic E-state index is 0.0611. The number of aromatic nitrogens is 2. The van der Waals surface area contributed by atoms with E-state index in [1.165, 1.54) is 11.1 Å². The van der Waals surface area contributed by atoms with E-state index in [-0.39, 0.29) is 5.78 Å². The average Bonchev–Trinajstić information content (AvgIpc) is 3.44. The van der Waals surface area contributed by atoms with Crippen molar-refractivity contribution in [1.82, 2.24) is 9.13 Å². The minimum Gasteiger partial charge on any atom is -0.342 e. The van der Waals surface area contributed by atoms with Crippen LogP contribution in [0.15, 0.2) is 122 Å². The molecular formula is C31H24N2O. The first kappa shape index (κ1) is 20.3.